The first-order valence-corrected chi connectivity index (χ1v) is 6.98. The van der Waals surface area contributed by atoms with E-state index in [1.165, 1.54) is 6.07 Å². The van der Waals surface area contributed by atoms with Gasteiger partial charge in [-0.1, -0.05) is 48.5 Å². The van der Waals surface area contributed by atoms with Crippen LogP contribution in [0.15, 0.2) is 54.6 Å². The number of carbonyl (C=O) groups is 1. The Morgan fingerprint density at radius 1 is 1.10 bits per heavy atom. The molecule has 1 atom stereocenters. The molecule has 21 heavy (non-hydrogen) atoms. The van der Waals surface area contributed by atoms with Crippen LogP contribution in [-0.4, -0.2) is 19.0 Å². The minimum Gasteiger partial charge on any atom is -0.355 e. The predicted octanol–water partition coefficient (Wildman–Crippen LogP) is 2.23. The molecule has 1 unspecified atom stereocenters. The van der Waals surface area contributed by atoms with E-state index >= 15 is 0 Å². The van der Waals surface area contributed by atoms with Gasteiger partial charge in [0.15, 0.2) is 0 Å². The van der Waals surface area contributed by atoms with E-state index in [-0.39, 0.29) is 24.2 Å². The minimum absolute atomic E-state index is 0.125. The van der Waals surface area contributed by atoms with Crippen LogP contribution in [0, 0.1) is 5.82 Å². The molecular weight excluding hydrogens is 267 g/mol. The summed E-state index contributed by atoms with van der Waals surface area (Å²) in [5, 5.41) is 2.82. The van der Waals surface area contributed by atoms with Crippen LogP contribution in [0.3, 0.4) is 0 Å². The first-order valence-electron chi connectivity index (χ1n) is 6.98. The maximum atomic E-state index is 13.5. The molecule has 110 valence electrons. The number of benzene rings is 2. The third kappa shape index (κ3) is 4.13. The zero-order valence-electron chi connectivity index (χ0n) is 11.8. The molecule has 0 aliphatic carbocycles. The van der Waals surface area contributed by atoms with Crippen LogP contribution in [-0.2, 0) is 11.2 Å². The smallest absolute Gasteiger partial charge is 0.228 e. The molecule has 0 bridgehead atoms. The van der Waals surface area contributed by atoms with Gasteiger partial charge in [-0.2, -0.15) is 0 Å². The molecule has 0 aliphatic rings. The predicted molar refractivity (Wildman–Crippen MR) is 81.4 cm³/mol. The van der Waals surface area contributed by atoms with Gasteiger partial charge in [-0.25, -0.2) is 4.39 Å². The van der Waals surface area contributed by atoms with Crippen molar-refractivity contribution in [3.8, 4) is 0 Å². The second kappa shape index (κ2) is 7.55. The number of halogens is 1. The number of amides is 1. The highest BCUT2D eigenvalue weighted by molar-refractivity contribution is 5.83. The number of carbonyl (C=O) groups excluding carboxylic acids is 1. The lowest BCUT2D eigenvalue weighted by molar-refractivity contribution is -0.122. The normalized spacial score (nSPS) is 11.9. The molecule has 0 aliphatic heterocycles. The van der Waals surface area contributed by atoms with Crippen LogP contribution in [0.2, 0.25) is 0 Å². The van der Waals surface area contributed by atoms with Gasteiger partial charge < -0.3 is 11.1 Å². The summed E-state index contributed by atoms with van der Waals surface area (Å²) in [4.78, 5) is 12.2. The van der Waals surface area contributed by atoms with Gasteiger partial charge >= 0.3 is 0 Å². The van der Waals surface area contributed by atoms with E-state index < -0.39 is 0 Å². The second-order valence-electron chi connectivity index (χ2n) is 4.83. The van der Waals surface area contributed by atoms with Gasteiger partial charge in [-0.15, -0.1) is 0 Å². The summed E-state index contributed by atoms with van der Waals surface area (Å²) >= 11 is 0. The third-order valence-corrected chi connectivity index (χ3v) is 3.41. The number of hydrogen-bond acceptors (Lipinski definition) is 2. The van der Waals surface area contributed by atoms with E-state index in [4.69, 9.17) is 5.73 Å². The van der Waals surface area contributed by atoms with Crippen molar-refractivity contribution >= 4 is 5.91 Å². The van der Waals surface area contributed by atoms with Crippen LogP contribution < -0.4 is 11.1 Å². The number of nitrogens with one attached hydrogen (secondary N) is 1. The average molecular weight is 286 g/mol. The molecule has 2 aromatic carbocycles. The largest absolute Gasteiger partial charge is 0.355 e. The van der Waals surface area contributed by atoms with E-state index in [1.807, 2.05) is 30.3 Å². The van der Waals surface area contributed by atoms with Crippen molar-refractivity contribution in [3.63, 3.8) is 0 Å². The Labute approximate surface area is 124 Å². The molecular formula is C17H19FN2O. The molecule has 3 N–H and O–H groups in total. The quantitative estimate of drug-likeness (QED) is 0.855. The van der Waals surface area contributed by atoms with Crippen LogP contribution in [0.1, 0.15) is 17.0 Å². The topological polar surface area (TPSA) is 55.1 Å². The molecule has 0 saturated heterocycles. The summed E-state index contributed by atoms with van der Waals surface area (Å²) in [6.07, 6.45) is 0.463. The Balaban J connectivity index is 1.90. The Morgan fingerprint density at radius 2 is 1.76 bits per heavy atom. The standard InChI is InChI=1S/C17H19FN2O/c18-16-9-5-4-8-14(16)10-11-20-17(21)15(12-19)13-6-2-1-3-7-13/h1-9,15H,10-12,19H2,(H,20,21). The lowest BCUT2D eigenvalue weighted by atomic mass is 9.98. The summed E-state index contributed by atoms with van der Waals surface area (Å²) in [5.41, 5.74) is 7.18. The van der Waals surface area contributed by atoms with Gasteiger partial charge in [0.05, 0.1) is 5.92 Å². The molecule has 0 fully saturated rings. The second-order valence-corrected chi connectivity index (χ2v) is 4.83. The Morgan fingerprint density at radius 3 is 2.43 bits per heavy atom. The van der Waals surface area contributed by atoms with Gasteiger partial charge in [0.1, 0.15) is 5.82 Å². The molecule has 0 spiro atoms. The molecule has 2 aromatic rings. The van der Waals surface area contributed by atoms with E-state index in [0.717, 1.165) is 5.56 Å². The lowest BCUT2D eigenvalue weighted by Gasteiger charge is -2.15. The Bertz CT molecular complexity index is 586. The summed E-state index contributed by atoms with van der Waals surface area (Å²) in [6, 6.07) is 16.0. The first kappa shape index (κ1) is 15.2. The molecule has 0 saturated carbocycles. The van der Waals surface area contributed by atoms with E-state index in [9.17, 15) is 9.18 Å². The fraction of sp³-hybridized carbons (Fsp3) is 0.235. The molecule has 0 aromatic heterocycles. The average Bonchev–Trinajstić information content (AvgIpc) is 2.51. The number of nitrogens with two attached hydrogens (primary N) is 1. The SMILES string of the molecule is NCC(C(=O)NCCc1ccccc1F)c1ccccc1. The van der Waals surface area contributed by atoms with Crippen LogP contribution in [0.25, 0.3) is 0 Å². The molecule has 0 radical (unpaired) electrons. The van der Waals surface area contributed by atoms with Gasteiger partial charge in [0.25, 0.3) is 0 Å². The van der Waals surface area contributed by atoms with Crippen molar-refractivity contribution in [1.82, 2.24) is 5.32 Å². The van der Waals surface area contributed by atoms with Gasteiger partial charge in [-0.05, 0) is 23.6 Å². The van der Waals surface area contributed by atoms with Crippen molar-refractivity contribution in [2.24, 2.45) is 5.73 Å². The van der Waals surface area contributed by atoms with Crippen molar-refractivity contribution < 1.29 is 9.18 Å². The van der Waals surface area contributed by atoms with Crippen LogP contribution >= 0.6 is 0 Å². The van der Waals surface area contributed by atoms with Crippen molar-refractivity contribution in [1.29, 1.82) is 0 Å². The summed E-state index contributed by atoms with van der Waals surface area (Å²) in [7, 11) is 0. The van der Waals surface area contributed by atoms with Gasteiger partial charge in [0, 0.05) is 13.1 Å². The fourth-order valence-electron chi connectivity index (χ4n) is 2.22. The molecule has 0 heterocycles. The zero-order chi connectivity index (χ0) is 15.1. The van der Waals surface area contributed by atoms with Gasteiger partial charge in [-0.3, -0.25) is 4.79 Å². The van der Waals surface area contributed by atoms with Crippen molar-refractivity contribution in [3.05, 3.63) is 71.5 Å². The first-order chi connectivity index (χ1) is 10.2. The van der Waals surface area contributed by atoms with E-state index in [1.54, 1.807) is 18.2 Å². The summed E-state index contributed by atoms with van der Waals surface area (Å²) < 4.78 is 13.5. The van der Waals surface area contributed by atoms with Crippen LogP contribution in [0.5, 0.6) is 0 Å². The number of hydrogen-bond donors (Lipinski definition) is 2. The Hall–Kier alpha value is -2.20. The monoisotopic (exact) mass is 286 g/mol. The zero-order valence-corrected chi connectivity index (χ0v) is 11.8. The highest BCUT2D eigenvalue weighted by Crippen LogP contribution is 2.14. The third-order valence-electron chi connectivity index (χ3n) is 3.41. The number of rotatable bonds is 6. The maximum Gasteiger partial charge on any atom is 0.228 e. The van der Waals surface area contributed by atoms with Crippen molar-refractivity contribution in [2.75, 3.05) is 13.1 Å². The Kier molecular flexibility index (Phi) is 5.46. The summed E-state index contributed by atoms with van der Waals surface area (Å²) in [6.45, 7) is 0.638. The van der Waals surface area contributed by atoms with Gasteiger partial charge in [0.2, 0.25) is 5.91 Å². The molecule has 2 rings (SSSR count). The highest BCUT2D eigenvalue weighted by Gasteiger charge is 2.18. The molecule has 3 nitrogen and oxygen atoms in total. The minimum atomic E-state index is -0.369. The van der Waals surface area contributed by atoms with E-state index in [0.29, 0.717) is 18.5 Å². The maximum absolute atomic E-state index is 13.5. The van der Waals surface area contributed by atoms with Crippen molar-refractivity contribution in [2.45, 2.75) is 12.3 Å². The van der Waals surface area contributed by atoms with E-state index in [2.05, 4.69) is 5.32 Å². The highest BCUT2D eigenvalue weighted by atomic mass is 19.1. The molecule has 4 heteroatoms. The lowest BCUT2D eigenvalue weighted by Crippen LogP contribution is -2.34. The summed E-state index contributed by atoms with van der Waals surface area (Å²) in [5.74, 6) is -0.739. The molecule has 1 amide bonds. The fourth-order valence-corrected chi connectivity index (χ4v) is 2.22. The van der Waals surface area contributed by atoms with Crippen LogP contribution in [0.4, 0.5) is 4.39 Å².